The number of fused-ring (bicyclic) bond motifs is 1. The van der Waals surface area contributed by atoms with Gasteiger partial charge in [-0.2, -0.15) is 0 Å². The molecule has 1 atom stereocenters. The van der Waals surface area contributed by atoms with Crippen molar-refractivity contribution < 1.29 is 14.8 Å². The number of nitrogens with zero attached hydrogens (tertiary/aromatic N) is 2. The Morgan fingerprint density at radius 1 is 1.30 bits per heavy atom. The third kappa shape index (κ3) is 3.54. The van der Waals surface area contributed by atoms with E-state index in [1.54, 1.807) is 37.3 Å². The summed E-state index contributed by atoms with van der Waals surface area (Å²) in [5.41, 5.74) is 0.543. The van der Waals surface area contributed by atoms with Crippen LogP contribution in [0.2, 0.25) is 5.02 Å². The van der Waals surface area contributed by atoms with Crippen LogP contribution in [0.15, 0.2) is 48.7 Å². The maximum Gasteiger partial charge on any atom is 0.279 e. The van der Waals surface area contributed by atoms with Gasteiger partial charge >= 0.3 is 0 Å². The average Bonchev–Trinajstić information content (AvgIpc) is 2.67. The van der Waals surface area contributed by atoms with Crippen LogP contribution in [-0.2, 0) is 4.79 Å². The number of nitrogens with one attached hydrogen (secondary N) is 1. The largest absolute Gasteiger partial charge is 0.505 e. The third-order valence-electron chi connectivity index (χ3n) is 4.22. The zero-order valence-corrected chi connectivity index (χ0v) is 15.1. The molecule has 1 heterocycles. The molecule has 0 aliphatic rings. The number of hydrogen-bond donors (Lipinski definition) is 2. The van der Waals surface area contributed by atoms with E-state index in [4.69, 9.17) is 11.6 Å². The van der Waals surface area contributed by atoms with Crippen LogP contribution in [0.25, 0.3) is 10.9 Å². The zero-order valence-electron chi connectivity index (χ0n) is 14.3. The Balaban J connectivity index is 2.30. The lowest BCUT2D eigenvalue weighted by Gasteiger charge is -2.22. The van der Waals surface area contributed by atoms with Gasteiger partial charge in [0, 0.05) is 29.3 Å². The molecular weight excluding hydrogens is 370 g/mol. The molecule has 8 heteroatoms. The highest BCUT2D eigenvalue weighted by molar-refractivity contribution is 6.31. The molecule has 0 spiro atoms. The summed E-state index contributed by atoms with van der Waals surface area (Å²) in [7, 11) is 0. The molecular formula is C19H16ClN3O4. The van der Waals surface area contributed by atoms with Gasteiger partial charge in [-0.05, 0) is 23.8 Å². The van der Waals surface area contributed by atoms with Gasteiger partial charge in [0.2, 0.25) is 5.91 Å². The van der Waals surface area contributed by atoms with Gasteiger partial charge in [0.05, 0.1) is 16.4 Å². The topological polar surface area (TPSA) is 105 Å². The number of pyridine rings is 1. The predicted molar refractivity (Wildman–Crippen MR) is 102 cm³/mol. The van der Waals surface area contributed by atoms with E-state index in [-0.39, 0.29) is 40.2 Å². The minimum absolute atomic E-state index is 0.0875. The molecule has 3 aromatic rings. The van der Waals surface area contributed by atoms with Crippen molar-refractivity contribution in [2.75, 3.05) is 0 Å². The number of aromatic nitrogens is 1. The number of carbonyl (C=O) groups is 1. The number of benzene rings is 2. The molecule has 2 aromatic carbocycles. The molecule has 0 unspecified atom stereocenters. The number of nitro groups is 1. The Bertz CT molecular complexity index is 1040. The maximum atomic E-state index is 12.1. The summed E-state index contributed by atoms with van der Waals surface area (Å²) in [5, 5.41) is 25.7. The van der Waals surface area contributed by atoms with Gasteiger partial charge < -0.3 is 10.4 Å². The van der Waals surface area contributed by atoms with Crippen LogP contribution >= 0.6 is 11.6 Å². The van der Waals surface area contributed by atoms with Gasteiger partial charge in [-0.15, -0.1) is 0 Å². The van der Waals surface area contributed by atoms with E-state index in [1.807, 2.05) is 0 Å². The van der Waals surface area contributed by atoms with Crippen LogP contribution in [0.1, 0.15) is 30.5 Å². The first-order valence-corrected chi connectivity index (χ1v) is 8.60. The van der Waals surface area contributed by atoms with Crippen LogP contribution in [0.4, 0.5) is 5.69 Å². The van der Waals surface area contributed by atoms with Crippen molar-refractivity contribution in [2.24, 2.45) is 0 Å². The summed E-state index contributed by atoms with van der Waals surface area (Å²) in [4.78, 5) is 27.2. The standard InChI is InChI=1S/C19H16ClN3O4/c1-2-16(24)22-17(11-6-3-4-8-14(11)20)13-10-15(23(26)27)12-7-5-9-21-18(12)19(13)25/h3-10,17,25H,2H2,1H3,(H,22,24)/t17-/m0/s1. The van der Waals surface area contributed by atoms with E-state index in [0.717, 1.165) is 0 Å². The van der Waals surface area contributed by atoms with Crippen molar-refractivity contribution in [1.82, 2.24) is 10.3 Å². The lowest BCUT2D eigenvalue weighted by atomic mass is 9.95. The van der Waals surface area contributed by atoms with Gasteiger partial charge in [0.1, 0.15) is 11.3 Å². The molecule has 3 rings (SSSR count). The summed E-state index contributed by atoms with van der Waals surface area (Å²) in [5.74, 6) is -0.527. The number of phenols is 1. The molecule has 0 fully saturated rings. The fourth-order valence-corrected chi connectivity index (χ4v) is 3.14. The Kier molecular flexibility index (Phi) is 5.23. The summed E-state index contributed by atoms with van der Waals surface area (Å²) in [6.07, 6.45) is 1.64. The fraction of sp³-hybridized carbons (Fsp3) is 0.158. The number of carbonyl (C=O) groups excluding carboxylic acids is 1. The Morgan fingerprint density at radius 2 is 2.04 bits per heavy atom. The second-order valence-corrected chi connectivity index (χ2v) is 6.27. The van der Waals surface area contributed by atoms with E-state index < -0.39 is 11.0 Å². The Hall–Kier alpha value is -3.19. The SMILES string of the molecule is CCC(=O)N[C@@H](c1ccccc1Cl)c1cc([N+](=O)[O-])c2cccnc2c1O. The van der Waals surface area contributed by atoms with Gasteiger partial charge in [-0.1, -0.05) is 36.7 Å². The van der Waals surface area contributed by atoms with Crippen LogP contribution in [0, 0.1) is 10.1 Å². The van der Waals surface area contributed by atoms with E-state index in [0.29, 0.717) is 10.6 Å². The van der Waals surface area contributed by atoms with Crippen molar-refractivity contribution in [2.45, 2.75) is 19.4 Å². The average molecular weight is 386 g/mol. The minimum atomic E-state index is -0.865. The first kappa shape index (κ1) is 18.6. The van der Waals surface area contributed by atoms with Gasteiger partial charge in [-0.3, -0.25) is 19.9 Å². The van der Waals surface area contributed by atoms with E-state index in [9.17, 15) is 20.0 Å². The minimum Gasteiger partial charge on any atom is -0.505 e. The smallest absolute Gasteiger partial charge is 0.279 e. The van der Waals surface area contributed by atoms with Crippen molar-refractivity contribution in [1.29, 1.82) is 0 Å². The highest BCUT2D eigenvalue weighted by atomic mass is 35.5. The molecule has 1 aromatic heterocycles. The van der Waals surface area contributed by atoms with Crippen molar-refractivity contribution >= 4 is 34.1 Å². The molecule has 2 N–H and O–H groups in total. The predicted octanol–water partition coefficient (Wildman–Crippen LogP) is 4.12. The van der Waals surface area contributed by atoms with E-state index in [1.165, 1.54) is 18.3 Å². The number of amides is 1. The molecule has 7 nitrogen and oxygen atoms in total. The summed E-state index contributed by atoms with van der Waals surface area (Å²) < 4.78 is 0. The summed E-state index contributed by atoms with van der Waals surface area (Å²) in [6, 6.07) is 10.3. The summed E-state index contributed by atoms with van der Waals surface area (Å²) in [6.45, 7) is 1.68. The number of nitro benzene ring substituents is 1. The Labute approximate surface area is 159 Å². The molecule has 0 bridgehead atoms. The normalized spacial score (nSPS) is 11.9. The molecule has 0 saturated carbocycles. The number of phenolic OH excluding ortho intramolecular Hbond substituents is 1. The lowest BCUT2D eigenvalue weighted by Crippen LogP contribution is -2.29. The number of hydrogen-bond acceptors (Lipinski definition) is 5. The van der Waals surface area contributed by atoms with Crippen LogP contribution in [0.5, 0.6) is 5.75 Å². The highest BCUT2D eigenvalue weighted by Crippen LogP contribution is 2.40. The molecule has 1 amide bonds. The number of halogens is 1. The number of aromatic hydroxyl groups is 1. The van der Waals surface area contributed by atoms with Gasteiger partial charge in [0.25, 0.3) is 5.69 Å². The van der Waals surface area contributed by atoms with Crippen molar-refractivity contribution in [3.8, 4) is 5.75 Å². The lowest BCUT2D eigenvalue weighted by molar-refractivity contribution is -0.383. The monoisotopic (exact) mass is 385 g/mol. The van der Waals surface area contributed by atoms with E-state index in [2.05, 4.69) is 10.3 Å². The molecule has 0 saturated heterocycles. The first-order chi connectivity index (χ1) is 12.9. The Morgan fingerprint density at radius 3 is 2.70 bits per heavy atom. The fourth-order valence-electron chi connectivity index (χ4n) is 2.90. The third-order valence-corrected chi connectivity index (χ3v) is 4.57. The van der Waals surface area contributed by atoms with Crippen molar-refractivity contribution in [3.63, 3.8) is 0 Å². The first-order valence-electron chi connectivity index (χ1n) is 8.22. The number of non-ortho nitro benzene ring substituents is 1. The molecule has 27 heavy (non-hydrogen) atoms. The van der Waals surface area contributed by atoms with Crippen LogP contribution in [0.3, 0.4) is 0 Å². The van der Waals surface area contributed by atoms with Gasteiger partial charge in [-0.25, -0.2) is 0 Å². The second kappa shape index (κ2) is 7.59. The van der Waals surface area contributed by atoms with E-state index >= 15 is 0 Å². The number of rotatable bonds is 5. The molecule has 0 radical (unpaired) electrons. The van der Waals surface area contributed by atoms with Crippen molar-refractivity contribution in [3.05, 3.63) is 74.9 Å². The second-order valence-electron chi connectivity index (χ2n) is 5.87. The van der Waals surface area contributed by atoms with Crippen LogP contribution in [-0.4, -0.2) is 20.9 Å². The highest BCUT2D eigenvalue weighted by Gasteiger charge is 2.27. The summed E-state index contributed by atoms with van der Waals surface area (Å²) >= 11 is 6.29. The molecule has 138 valence electrons. The molecule has 0 aliphatic carbocycles. The zero-order chi connectivity index (χ0) is 19.6. The maximum absolute atomic E-state index is 12.1. The van der Waals surface area contributed by atoms with Gasteiger partial charge in [0.15, 0.2) is 0 Å². The van der Waals surface area contributed by atoms with Crippen LogP contribution < -0.4 is 5.32 Å². The molecule has 0 aliphatic heterocycles. The quantitative estimate of drug-likeness (QED) is 0.507.